The van der Waals surface area contributed by atoms with Crippen LogP contribution >= 0.6 is 27.3 Å². The summed E-state index contributed by atoms with van der Waals surface area (Å²) in [6, 6.07) is 10.4. The van der Waals surface area contributed by atoms with Crippen molar-refractivity contribution in [3.05, 3.63) is 58.6 Å². The highest BCUT2D eigenvalue weighted by Gasteiger charge is 2.13. The topological polar surface area (TPSA) is 84.9 Å². The minimum absolute atomic E-state index is 0.589. The van der Waals surface area contributed by atoms with Crippen LogP contribution in [0, 0.1) is 6.92 Å². The Balaban J connectivity index is 1.68. The number of fused-ring (bicyclic) bond motifs is 1. The molecule has 32 heavy (non-hydrogen) atoms. The van der Waals surface area contributed by atoms with E-state index in [1.807, 2.05) is 31.5 Å². The van der Waals surface area contributed by atoms with Crippen molar-refractivity contribution in [2.75, 3.05) is 29.9 Å². The predicted octanol–water partition coefficient (Wildman–Crippen LogP) is 5.32. The standard InChI is InChI=1S/C23H28BrN7S/c1-3-4-9-30(10-7-25)22-13-17(15-31-11-8-26-16(31)2)12-21(28-22)29-23-27-19-6-5-18(24)14-20(19)32-23/h5-6,8,11-14H,3-4,7,9-10,15,25H2,1-2H3,(H,27,28,29). The first-order valence-electron chi connectivity index (χ1n) is 10.8. The van der Waals surface area contributed by atoms with Crippen molar-refractivity contribution in [3.8, 4) is 0 Å². The lowest BCUT2D eigenvalue weighted by Gasteiger charge is -2.24. The average Bonchev–Trinajstić information content (AvgIpc) is 3.35. The Morgan fingerprint density at radius 3 is 2.81 bits per heavy atom. The lowest BCUT2D eigenvalue weighted by Crippen LogP contribution is -2.31. The van der Waals surface area contributed by atoms with Gasteiger partial charge in [0, 0.05) is 43.0 Å². The first kappa shape index (κ1) is 22.7. The first-order chi connectivity index (χ1) is 15.6. The van der Waals surface area contributed by atoms with Gasteiger partial charge >= 0.3 is 0 Å². The van der Waals surface area contributed by atoms with Gasteiger partial charge in [0.1, 0.15) is 17.5 Å². The van der Waals surface area contributed by atoms with Gasteiger partial charge in [0.2, 0.25) is 0 Å². The normalized spacial score (nSPS) is 11.2. The van der Waals surface area contributed by atoms with Crippen LogP contribution in [0.2, 0.25) is 0 Å². The minimum Gasteiger partial charge on any atom is -0.355 e. The second kappa shape index (κ2) is 10.4. The van der Waals surface area contributed by atoms with E-state index in [1.54, 1.807) is 11.3 Å². The average molecular weight is 514 g/mol. The number of hydrogen-bond acceptors (Lipinski definition) is 7. The number of nitrogens with two attached hydrogens (primary N) is 1. The smallest absolute Gasteiger partial charge is 0.189 e. The number of pyridine rings is 1. The van der Waals surface area contributed by atoms with Gasteiger partial charge < -0.3 is 20.5 Å². The summed E-state index contributed by atoms with van der Waals surface area (Å²) in [7, 11) is 0. The van der Waals surface area contributed by atoms with Gasteiger partial charge in [-0.15, -0.1) is 0 Å². The Kier molecular flexibility index (Phi) is 7.39. The van der Waals surface area contributed by atoms with Crippen molar-refractivity contribution in [1.29, 1.82) is 0 Å². The van der Waals surface area contributed by atoms with E-state index in [0.717, 1.165) is 75.3 Å². The molecule has 0 amide bonds. The lowest BCUT2D eigenvalue weighted by molar-refractivity contribution is 0.705. The van der Waals surface area contributed by atoms with E-state index in [9.17, 15) is 0 Å². The highest BCUT2D eigenvalue weighted by molar-refractivity contribution is 9.10. The molecule has 0 atom stereocenters. The third-order valence-electron chi connectivity index (χ3n) is 5.24. The maximum atomic E-state index is 5.91. The third kappa shape index (κ3) is 5.46. The quantitative estimate of drug-likeness (QED) is 0.298. The van der Waals surface area contributed by atoms with E-state index >= 15 is 0 Å². The Hall–Kier alpha value is -2.49. The summed E-state index contributed by atoms with van der Waals surface area (Å²) < 4.78 is 4.31. The van der Waals surface area contributed by atoms with E-state index in [0.29, 0.717) is 6.54 Å². The van der Waals surface area contributed by atoms with Crippen LogP contribution < -0.4 is 16.0 Å². The van der Waals surface area contributed by atoms with Crippen molar-refractivity contribution in [3.63, 3.8) is 0 Å². The van der Waals surface area contributed by atoms with Crippen LogP contribution in [-0.4, -0.2) is 39.2 Å². The fourth-order valence-corrected chi connectivity index (χ4v) is 4.99. The molecular formula is C23H28BrN7S. The molecule has 0 saturated carbocycles. The van der Waals surface area contributed by atoms with Crippen LogP contribution in [0.4, 0.5) is 16.8 Å². The summed E-state index contributed by atoms with van der Waals surface area (Å²) in [6.45, 7) is 7.24. The van der Waals surface area contributed by atoms with Crippen molar-refractivity contribution in [2.24, 2.45) is 5.73 Å². The van der Waals surface area contributed by atoms with E-state index in [1.165, 1.54) is 0 Å². The van der Waals surface area contributed by atoms with Crippen LogP contribution in [0.3, 0.4) is 0 Å². The Bertz CT molecular complexity index is 1190. The van der Waals surface area contributed by atoms with Crippen LogP contribution in [0.25, 0.3) is 10.2 Å². The van der Waals surface area contributed by atoms with Gasteiger partial charge in [-0.05, 0) is 49.2 Å². The fourth-order valence-electron chi connectivity index (χ4n) is 3.56. The Labute approximate surface area is 200 Å². The monoisotopic (exact) mass is 513 g/mol. The molecule has 0 radical (unpaired) electrons. The molecule has 0 aliphatic heterocycles. The summed E-state index contributed by atoms with van der Waals surface area (Å²) in [5, 5.41) is 4.26. The summed E-state index contributed by atoms with van der Waals surface area (Å²) >= 11 is 5.15. The summed E-state index contributed by atoms with van der Waals surface area (Å²) in [6.07, 6.45) is 6.06. The molecule has 0 aliphatic carbocycles. The summed E-state index contributed by atoms with van der Waals surface area (Å²) in [5.41, 5.74) is 8.04. The van der Waals surface area contributed by atoms with Crippen molar-refractivity contribution in [1.82, 2.24) is 19.5 Å². The number of rotatable bonds is 10. The van der Waals surface area contributed by atoms with Gasteiger partial charge in [-0.25, -0.2) is 15.0 Å². The first-order valence-corrected chi connectivity index (χ1v) is 12.4. The highest BCUT2D eigenvalue weighted by Crippen LogP contribution is 2.31. The van der Waals surface area contributed by atoms with Gasteiger partial charge in [-0.1, -0.05) is 40.6 Å². The Morgan fingerprint density at radius 2 is 2.06 bits per heavy atom. The number of aromatic nitrogens is 4. The number of anilines is 3. The van der Waals surface area contributed by atoms with Crippen LogP contribution in [0.5, 0.6) is 0 Å². The van der Waals surface area contributed by atoms with Gasteiger partial charge in [-0.2, -0.15) is 0 Å². The number of imidazole rings is 1. The molecule has 0 saturated heterocycles. The zero-order chi connectivity index (χ0) is 22.5. The van der Waals surface area contributed by atoms with E-state index in [-0.39, 0.29) is 0 Å². The maximum Gasteiger partial charge on any atom is 0.189 e. The maximum absolute atomic E-state index is 5.91. The predicted molar refractivity (Wildman–Crippen MR) is 137 cm³/mol. The zero-order valence-corrected chi connectivity index (χ0v) is 20.8. The SMILES string of the molecule is CCCCN(CCN)c1cc(Cn2ccnc2C)cc(Nc2nc3ccc(Br)cc3s2)n1. The minimum atomic E-state index is 0.589. The van der Waals surface area contributed by atoms with Crippen LogP contribution in [-0.2, 0) is 6.54 Å². The highest BCUT2D eigenvalue weighted by atomic mass is 79.9. The van der Waals surface area contributed by atoms with Gasteiger partial charge in [0.25, 0.3) is 0 Å². The van der Waals surface area contributed by atoms with E-state index < -0.39 is 0 Å². The molecule has 0 aliphatic rings. The number of benzene rings is 1. The van der Waals surface area contributed by atoms with E-state index in [2.05, 4.69) is 60.8 Å². The molecule has 0 fully saturated rings. The zero-order valence-electron chi connectivity index (χ0n) is 18.4. The number of thiazole rings is 1. The molecule has 0 unspecified atom stereocenters. The van der Waals surface area contributed by atoms with E-state index in [4.69, 9.17) is 15.7 Å². The van der Waals surface area contributed by atoms with Gasteiger partial charge in [0.15, 0.2) is 5.13 Å². The number of halogens is 1. The van der Waals surface area contributed by atoms with Crippen LogP contribution in [0.15, 0.2) is 47.2 Å². The number of nitrogens with zero attached hydrogens (tertiary/aromatic N) is 5. The fraction of sp³-hybridized carbons (Fsp3) is 0.348. The third-order valence-corrected chi connectivity index (χ3v) is 6.67. The molecule has 168 valence electrons. The second-order valence-electron chi connectivity index (χ2n) is 7.71. The molecule has 3 aromatic heterocycles. The lowest BCUT2D eigenvalue weighted by atomic mass is 10.2. The number of unbranched alkanes of at least 4 members (excludes halogenated alkanes) is 1. The molecular weight excluding hydrogens is 486 g/mol. The summed E-state index contributed by atoms with van der Waals surface area (Å²) in [4.78, 5) is 16.3. The summed E-state index contributed by atoms with van der Waals surface area (Å²) in [5.74, 6) is 2.71. The van der Waals surface area contributed by atoms with Crippen molar-refractivity contribution in [2.45, 2.75) is 33.2 Å². The molecule has 3 heterocycles. The van der Waals surface area contributed by atoms with Crippen LogP contribution in [0.1, 0.15) is 31.2 Å². The molecule has 7 nitrogen and oxygen atoms in total. The molecule has 1 aromatic carbocycles. The largest absolute Gasteiger partial charge is 0.355 e. The van der Waals surface area contributed by atoms with Gasteiger partial charge in [-0.3, -0.25) is 0 Å². The number of hydrogen-bond donors (Lipinski definition) is 2. The molecule has 3 N–H and O–H groups in total. The molecule has 9 heteroatoms. The van der Waals surface area contributed by atoms with Gasteiger partial charge in [0.05, 0.1) is 10.2 Å². The number of nitrogens with one attached hydrogen (secondary N) is 1. The second-order valence-corrected chi connectivity index (χ2v) is 9.65. The molecule has 4 aromatic rings. The number of aryl methyl sites for hydroxylation is 1. The molecule has 4 rings (SSSR count). The van der Waals surface area contributed by atoms with Crippen molar-refractivity contribution >= 4 is 54.3 Å². The molecule has 0 bridgehead atoms. The Morgan fingerprint density at radius 1 is 1.19 bits per heavy atom. The van der Waals surface area contributed by atoms with Crippen molar-refractivity contribution < 1.29 is 0 Å². The molecule has 0 spiro atoms.